The second-order valence-corrected chi connectivity index (χ2v) is 10.8. The van der Waals surface area contributed by atoms with Crippen LogP contribution in [0.1, 0.15) is 11.9 Å². The third-order valence-corrected chi connectivity index (χ3v) is 9.87. The average Bonchev–Trinajstić information content (AvgIpc) is 2.40. The largest absolute Gasteiger partial charge is 0.427 e. The summed E-state index contributed by atoms with van der Waals surface area (Å²) in [6.45, 7) is 0. The van der Waals surface area contributed by atoms with Crippen molar-refractivity contribution in [1.29, 1.82) is 0 Å². The molecule has 1 atom stereocenters. The maximum absolute atomic E-state index is 13.3. The molecular formula is C11H6F6I4O5S. The van der Waals surface area contributed by atoms with Gasteiger partial charge in [-0.15, -0.1) is 0 Å². The van der Waals surface area contributed by atoms with Crippen LogP contribution in [0, 0.1) is 14.3 Å². The highest BCUT2D eigenvalue weighted by atomic mass is 127. The van der Waals surface area contributed by atoms with E-state index in [-0.39, 0.29) is 12.7 Å². The molecule has 0 saturated carbocycles. The van der Waals surface area contributed by atoms with Gasteiger partial charge in [0.15, 0.2) is 6.29 Å². The smallest absolute Gasteiger partial charge is 0.364 e. The minimum absolute atomic E-state index is 0.121. The molecule has 0 bridgehead atoms. The standard InChI is InChI=1S/C11H6F6I4O5S/c12-10(13,14)9(11(15,16)17,2-27(23,24)25)26-8(22)5-6(20)3(18)1-4(19)7(5)21/h1,8,22H,2H2,(H,23,24,25). The molecule has 2 N–H and O–H groups in total. The van der Waals surface area contributed by atoms with Crippen LogP contribution in [0.15, 0.2) is 6.07 Å². The van der Waals surface area contributed by atoms with Gasteiger partial charge in [0.2, 0.25) is 0 Å². The number of ether oxygens (including phenoxy) is 1. The van der Waals surface area contributed by atoms with Crippen LogP contribution in [0.25, 0.3) is 0 Å². The molecule has 0 spiro atoms. The number of hydrogen-bond acceptors (Lipinski definition) is 4. The zero-order valence-corrected chi connectivity index (χ0v) is 21.6. The monoisotopic (exact) mass is 872 g/mol. The summed E-state index contributed by atoms with van der Waals surface area (Å²) in [6.07, 6.45) is -15.4. The van der Waals surface area contributed by atoms with E-state index in [4.69, 9.17) is 4.55 Å². The highest BCUT2D eigenvalue weighted by Gasteiger charge is 2.74. The molecule has 156 valence electrons. The van der Waals surface area contributed by atoms with E-state index in [0.29, 0.717) is 7.14 Å². The van der Waals surface area contributed by atoms with Gasteiger partial charge in [-0.05, 0) is 96.4 Å². The van der Waals surface area contributed by atoms with E-state index in [1.165, 1.54) is 0 Å². The zero-order valence-electron chi connectivity index (χ0n) is 12.2. The minimum atomic E-state index is -6.31. The maximum Gasteiger partial charge on any atom is 0.427 e. The Morgan fingerprint density at radius 3 is 1.63 bits per heavy atom. The van der Waals surface area contributed by atoms with E-state index in [0.717, 1.165) is 0 Å². The lowest BCUT2D eigenvalue weighted by atomic mass is 10.0. The van der Waals surface area contributed by atoms with Crippen molar-refractivity contribution in [3.05, 3.63) is 25.9 Å². The second kappa shape index (κ2) is 8.96. The third-order valence-electron chi connectivity index (χ3n) is 3.01. The molecule has 0 aromatic heterocycles. The summed E-state index contributed by atoms with van der Waals surface area (Å²) in [5.74, 6) is -2.86. The molecule has 0 amide bonds. The molecule has 16 heteroatoms. The highest BCUT2D eigenvalue weighted by Crippen LogP contribution is 2.49. The van der Waals surface area contributed by atoms with Gasteiger partial charge in [0.25, 0.3) is 15.7 Å². The van der Waals surface area contributed by atoms with E-state index in [2.05, 4.69) is 4.74 Å². The Labute approximate surface area is 203 Å². The van der Waals surface area contributed by atoms with Gasteiger partial charge in [0.05, 0.1) is 0 Å². The Balaban J connectivity index is 3.66. The molecule has 0 heterocycles. The molecule has 1 rings (SSSR count). The predicted octanol–water partition coefficient (Wildman–Crippen LogP) is 4.86. The number of rotatable bonds is 5. The number of benzene rings is 1. The molecule has 1 aromatic rings. The Morgan fingerprint density at radius 1 is 0.963 bits per heavy atom. The molecule has 1 unspecified atom stereocenters. The molecule has 0 aliphatic carbocycles. The van der Waals surface area contributed by atoms with Crippen LogP contribution in [0.2, 0.25) is 0 Å². The van der Waals surface area contributed by atoms with Gasteiger partial charge in [0.1, 0.15) is 5.75 Å². The normalized spacial score (nSPS) is 15.1. The van der Waals surface area contributed by atoms with Gasteiger partial charge in [-0.2, -0.15) is 34.8 Å². The van der Waals surface area contributed by atoms with Crippen LogP contribution in [0.3, 0.4) is 0 Å². The molecule has 0 aliphatic heterocycles. The van der Waals surface area contributed by atoms with E-state index in [9.17, 15) is 39.9 Å². The van der Waals surface area contributed by atoms with E-state index in [1.807, 2.05) is 0 Å². The summed E-state index contributed by atoms with van der Waals surface area (Å²) in [6, 6.07) is 1.57. The fourth-order valence-electron chi connectivity index (χ4n) is 1.81. The quantitative estimate of drug-likeness (QED) is 0.145. The van der Waals surface area contributed by atoms with E-state index in [1.54, 1.807) is 96.4 Å². The molecule has 5 nitrogen and oxygen atoms in total. The highest BCUT2D eigenvalue weighted by molar-refractivity contribution is 14.1. The van der Waals surface area contributed by atoms with Crippen LogP contribution in [0.5, 0.6) is 0 Å². The summed E-state index contributed by atoms with van der Waals surface area (Å²) in [5, 5.41) is 10.1. The third kappa shape index (κ3) is 6.04. The summed E-state index contributed by atoms with van der Waals surface area (Å²) >= 11 is 6.71. The topological polar surface area (TPSA) is 83.8 Å². The van der Waals surface area contributed by atoms with Gasteiger partial charge in [-0.3, -0.25) is 4.55 Å². The van der Waals surface area contributed by atoms with Gasteiger partial charge in [-0.25, -0.2) is 0 Å². The van der Waals surface area contributed by atoms with Crippen molar-refractivity contribution in [2.45, 2.75) is 24.2 Å². The van der Waals surface area contributed by atoms with Crippen LogP contribution >= 0.6 is 90.4 Å². The minimum Gasteiger partial charge on any atom is -0.364 e. The Kier molecular flexibility index (Phi) is 8.82. The molecular weight excluding hydrogens is 866 g/mol. The maximum atomic E-state index is 13.3. The first-order valence-electron chi connectivity index (χ1n) is 6.11. The number of hydrogen-bond donors (Lipinski definition) is 2. The molecule has 27 heavy (non-hydrogen) atoms. The number of aliphatic hydroxyl groups excluding tert-OH is 1. The van der Waals surface area contributed by atoms with Gasteiger partial charge >= 0.3 is 12.4 Å². The zero-order chi connectivity index (χ0) is 21.6. The summed E-state index contributed by atoms with van der Waals surface area (Å²) < 4.78 is 115. The van der Waals surface area contributed by atoms with Crippen LogP contribution < -0.4 is 0 Å². The van der Waals surface area contributed by atoms with Crippen molar-refractivity contribution in [2.75, 3.05) is 5.75 Å². The fraction of sp³-hybridized carbons (Fsp3) is 0.455. The van der Waals surface area contributed by atoms with Crippen molar-refractivity contribution >= 4 is 100 Å². The average molecular weight is 872 g/mol. The van der Waals surface area contributed by atoms with Crippen molar-refractivity contribution in [2.24, 2.45) is 0 Å². The summed E-state index contributed by atoms with van der Waals surface area (Å²) in [5.41, 5.74) is -5.73. The van der Waals surface area contributed by atoms with E-state index < -0.39 is 40.1 Å². The Bertz CT molecular complexity index is 786. The molecule has 0 aliphatic rings. The Morgan fingerprint density at radius 2 is 1.33 bits per heavy atom. The second-order valence-electron chi connectivity index (χ2n) is 4.90. The van der Waals surface area contributed by atoms with Crippen LogP contribution in [0.4, 0.5) is 26.3 Å². The van der Waals surface area contributed by atoms with Crippen LogP contribution in [-0.4, -0.2) is 41.8 Å². The lowest BCUT2D eigenvalue weighted by Gasteiger charge is -2.37. The molecule has 0 fully saturated rings. The first-order chi connectivity index (χ1) is 11.8. The van der Waals surface area contributed by atoms with Crippen molar-refractivity contribution in [1.82, 2.24) is 0 Å². The fourth-order valence-corrected chi connectivity index (χ4v) is 6.42. The van der Waals surface area contributed by atoms with Gasteiger partial charge in [0, 0.05) is 19.8 Å². The molecule has 0 saturated heterocycles. The first-order valence-corrected chi connectivity index (χ1v) is 12.0. The van der Waals surface area contributed by atoms with Gasteiger partial charge in [-0.1, -0.05) is 0 Å². The lowest BCUT2D eigenvalue weighted by Crippen LogP contribution is -2.63. The summed E-state index contributed by atoms with van der Waals surface area (Å²) in [7, 11) is -5.80. The number of alkyl halides is 6. The molecule has 0 radical (unpaired) electrons. The number of aliphatic hydroxyl groups is 1. The van der Waals surface area contributed by atoms with Crippen LogP contribution in [-0.2, 0) is 14.9 Å². The lowest BCUT2D eigenvalue weighted by molar-refractivity contribution is -0.399. The first kappa shape index (κ1) is 26.6. The predicted molar refractivity (Wildman–Crippen MR) is 115 cm³/mol. The Hall–Kier alpha value is 1.55. The van der Waals surface area contributed by atoms with Crippen molar-refractivity contribution < 1.29 is 49.2 Å². The van der Waals surface area contributed by atoms with Crippen molar-refractivity contribution in [3.63, 3.8) is 0 Å². The SMILES string of the molecule is O=S(=O)(O)CC(OC(O)c1c(I)c(I)cc(I)c1I)(C(F)(F)F)C(F)(F)F. The molecule has 1 aromatic carbocycles. The summed E-state index contributed by atoms with van der Waals surface area (Å²) in [4.78, 5) is 0. The van der Waals surface area contributed by atoms with Crippen molar-refractivity contribution in [3.8, 4) is 0 Å². The number of halogens is 10. The van der Waals surface area contributed by atoms with Gasteiger partial charge < -0.3 is 9.84 Å². The van der Waals surface area contributed by atoms with E-state index >= 15 is 0 Å².